The number of nitrogens with zero attached hydrogens (tertiary/aromatic N) is 2. The van der Waals surface area contributed by atoms with Crippen molar-refractivity contribution in [2.45, 2.75) is 26.2 Å². The molecular weight excluding hydrogens is 395 g/mol. The molecule has 2 heterocycles. The summed E-state index contributed by atoms with van der Waals surface area (Å²) in [5, 5.41) is 0.852. The van der Waals surface area contributed by atoms with Gasteiger partial charge in [-0.2, -0.15) is 0 Å². The van der Waals surface area contributed by atoms with Crippen molar-refractivity contribution in [2.24, 2.45) is 0 Å². The second kappa shape index (κ2) is 7.61. The maximum atomic E-state index is 13.4. The molecule has 144 valence electrons. The number of carbonyl (C=O) groups is 2. The fourth-order valence-electron chi connectivity index (χ4n) is 3.79. The molecule has 2 aromatic rings. The molecule has 4 rings (SSSR count). The average molecular weight is 415 g/mol. The van der Waals surface area contributed by atoms with Gasteiger partial charge in [-0.3, -0.25) is 9.59 Å². The number of benzene rings is 2. The molecule has 0 aromatic heterocycles. The van der Waals surface area contributed by atoms with Gasteiger partial charge < -0.3 is 4.90 Å². The Hall–Kier alpha value is -2.30. The molecule has 0 N–H and O–H groups in total. The fraction of sp³-hybridized carbons (Fsp3) is 0.273. The number of anilines is 1. The Morgan fingerprint density at radius 1 is 0.857 bits per heavy atom. The van der Waals surface area contributed by atoms with Crippen LogP contribution < -0.4 is 4.90 Å². The van der Waals surface area contributed by atoms with E-state index in [9.17, 15) is 9.59 Å². The average Bonchev–Trinajstić information content (AvgIpc) is 2.94. The van der Waals surface area contributed by atoms with Gasteiger partial charge in [-0.25, -0.2) is 4.90 Å². The largest absolute Gasteiger partial charge is 0.366 e. The van der Waals surface area contributed by atoms with E-state index in [0.29, 0.717) is 32.6 Å². The lowest BCUT2D eigenvalue weighted by atomic mass is 10.0. The molecule has 0 radical (unpaired) electrons. The van der Waals surface area contributed by atoms with E-state index in [2.05, 4.69) is 0 Å². The van der Waals surface area contributed by atoms with Crippen molar-refractivity contribution in [3.05, 3.63) is 69.3 Å². The Morgan fingerprint density at radius 3 is 2.18 bits per heavy atom. The zero-order chi connectivity index (χ0) is 19.8. The first-order chi connectivity index (χ1) is 13.5. The summed E-state index contributed by atoms with van der Waals surface area (Å²) in [6, 6.07) is 12.4. The van der Waals surface area contributed by atoms with Crippen molar-refractivity contribution >= 4 is 46.3 Å². The van der Waals surface area contributed by atoms with Crippen LogP contribution in [0.15, 0.2) is 48.2 Å². The van der Waals surface area contributed by atoms with Gasteiger partial charge in [0.2, 0.25) is 0 Å². The number of hydrogen-bond donors (Lipinski definition) is 0. The van der Waals surface area contributed by atoms with Crippen molar-refractivity contribution in [2.75, 3.05) is 18.0 Å². The Kier molecular flexibility index (Phi) is 5.17. The van der Waals surface area contributed by atoms with Crippen molar-refractivity contribution in [3.8, 4) is 0 Å². The molecule has 0 unspecified atom stereocenters. The highest BCUT2D eigenvalue weighted by Gasteiger charge is 2.43. The van der Waals surface area contributed by atoms with E-state index in [1.807, 2.05) is 24.0 Å². The van der Waals surface area contributed by atoms with Crippen molar-refractivity contribution in [1.29, 1.82) is 0 Å². The third kappa shape index (κ3) is 3.31. The summed E-state index contributed by atoms with van der Waals surface area (Å²) in [6.45, 7) is 3.48. The summed E-state index contributed by atoms with van der Waals surface area (Å²) in [5.74, 6) is -0.643. The van der Waals surface area contributed by atoms with Gasteiger partial charge in [-0.15, -0.1) is 0 Å². The fourth-order valence-corrected chi connectivity index (χ4v) is 4.30. The minimum atomic E-state index is -0.348. The van der Waals surface area contributed by atoms with Crippen LogP contribution in [-0.4, -0.2) is 29.8 Å². The Labute approximate surface area is 174 Å². The second-order valence-electron chi connectivity index (χ2n) is 7.18. The van der Waals surface area contributed by atoms with Crippen LogP contribution in [0.2, 0.25) is 10.0 Å². The normalized spacial score (nSPS) is 17.7. The predicted octanol–water partition coefficient (Wildman–Crippen LogP) is 5.07. The quantitative estimate of drug-likeness (QED) is 0.657. The number of likely N-dealkylation sites (tertiary alicyclic amines) is 1. The topological polar surface area (TPSA) is 40.6 Å². The van der Waals surface area contributed by atoms with Crippen molar-refractivity contribution in [1.82, 2.24) is 4.90 Å². The van der Waals surface area contributed by atoms with E-state index in [-0.39, 0.29) is 11.8 Å². The molecule has 6 heteroatoms. The van der Waals surface area contributed by atoms with Gasteiger partial charge >= 0.3 is 0 Å². The maximum absolute atomic E-state index is 13.4. The molecule has 0 aliphatic carbocycles. The second-order valence-corrected chi connectivity index (χ2v) is 8.02. The van der Waals surface area contributed by atoms with Crippen LogP contribution >= 0.6 is 23.2 Å². The Balaban J connectivity index is 1.85. The number of imide groups is 1. The lowest BCUT2D eigenvalue weighted by Gasteiger charge is -2.29. The first-order valence-corrected chi connectivity index (χ1v) is 10.1. The molecule has 1 saturated heterocycles. The number of amides is 2. The summed E-state index contributed by atoms with van der Waals surface area (Å²) >= 11 is 12.5. The van der Waals surface area contributed by atoms with Crippen LogP contribution in [-0.2, 0) is 9.59 Å². The minimum absolute atomic E-state index is 0.295. The zero-order valence-electron chi connectivity index (χ0n) is 15.5. The van der Waals surface area contributed by atoms with Gasteiger partial charge in [0.25, 0.3) is 11.8 Å². The summed E-state index contributed by atoms with van der Waals surface area (Å²) in [6.07, 6.45) is 3.12. The van der Waals surface area contributed by atoms with Crippen molar-refractivity contribution < 1.29 is 9.59 Å². The number of hydrogen-bond acceptors (Lipinski definition) is 3. The van der Waals surface area contributed by atoms with Gasteiger partial charge in [-0.05, 0) is 50.5 Å². The molecule has 0 spiro atoms. The van der Waals surface area contributed by atoms with Gasteiger partial charge in [0.15, 0.2) is 0 Å². The van der Waals surface area contributed by atoms with Crippen LogP contribution in [0.3, 0.4) is 0 Å². The van der Waals surface area contributed by atoms with Gasteiger partial charge in [0.05, 0.1) is 16.3 Å². The molecule has 28 heavy (non-hydrogen) atoms. The van der Waals surface area contributed by atoms with E-state index in [0.717, 1.165) is 37.9 Å². The highest BCUT2D eigenvalue weighted by Crippen LogP contribution is 2.38. The highest BCUT2D eigenvalue weighted by molar-refractivity contribution is 6.47. The standard InChI is InChI=1S/C22H20Cl2N2O2/c1-14-5-8-16(9-6-14)26-21(27)19(17-10-7-15(23)13-18(17)24)20(22(26)28)25-11-3-2-4-12-25/h5-10,13H,2-4,11-12H2,1H3. The van der Waals surface area contributed by atoms with E-state index >= 15 is 0 Å². The summed E-state index contributed by atoms with van der Waals surface area (Å²) < 4.78 is 0. The van der Waals surface area contributed by atoms with Gasteiger partial charge in [0, 0.05) is 23.7 Å². The maximum Gasteiger partial charge on any atom is 0.282 e. The third-order valence-corrected chi connectivity index (χ3v) is 5.77. The molecule has 0 saturated carbocycles. The van der Waals surface area contributed by atoms with Gasteiger partial charge in [-0.1, -0.05) is 47.0 Å². The number of piperidine rings is 1. The smallest absolute Gasteiger partial charge is 0.282 e. The monoisotopic (exact) mass is 414 g/mol. The molecule has 0 atom stereocenters. The SMILES string of the molecule is Cc1ccc(N2C(=O)C(c3ccc(Cl)cc3Cl)=C(N3CCCCC3)C2=O)cc1. The molecule has 4 nitrogen and oxygen atoms in total. The summed E-state index contributed by atoms with van der Waals surface area (Å²) in [7, 11) is 0. The zero-order valence-corrected chi connectivity index (χ0v) is 17.1. The number of halogens is 2. The van der Waals surface area contributed by atoms with E-state index in [1.165, 1.54) is 4.90 Å². The molecule has 1 fully saturated rings. The molecule has 2 aromatic carbocycles. The minimum Gasteiger partial charge on any atom is -0.366 e. The summed E-state index contributed by atoms with van der Waals surface area (Å²) in [4.78, 5) is 30.1. The molecule has 2 aliphatic rings. The lowest BCUT2D eigenvalue weighted by Crippen LogP contribution is -2.37. The first-order valence-electron chi connectivity index (χ1n) is 9.37. The van der Waals surface area contributed by atoms with E-state index in [1.54, 1.807) is 30.3 Å². The highest BCUT2D eigenvalue weighted by atomic mass is 35.5. The Morgan fingerprint density at radius 2 is 1.54 bits per heavy atom. The van der Waals surface area contributed by atoms with Crippen LogP contribution in [0.1, 0.15) is 30.4 Å². The molecule has 0 bridgehead atoms. The van der Waals surface area contributed by atoms with Crippen LogP contribution in [0, 0.1) is 6.92 Å². The summed E-state index contributed by atoms with van der Waals surface area (Å²) in [5.41, 5.74) is 2.96. The lowest BCUT2D eigenvalue weighted by molar-refractivity contribution is -0.120. The predicted molar refractivity (Wildman–Crippen MR) is 112 cm³/mol. The van der Waals surface area contributed by atoms with E-state index in [4.69, 9.17) is 23.2 Å². The van der Waals surface area contributed by atoms with Crippen LogP contribution in [0.4, 0.5) is 5.69 Å². The van der Waals surface area contributed by atoms with Gasteiger partial charge in [0.1, 0.15) is 5.70 Å². The van der Waals surface area contributed by atoms with Crippen molar-refractivity contribution in [3.63, 3.8) is 0 Å². The molecule has 2 amide bonds. The third-order valence-electron chi connectivity index (χ3n) is 5.22. The van der Waals surface area contributed by atoms with E-state index < -0.39 is 0 Å². The Bertz CT molecular complexity index is 977. The first kappa shape index (κ1) is 19.0. The molecule has 2 aliphatic heterocycles. The number of carbonyl (C=O) groups excluding carboxylic acids is 2. The number of rotatable bonds is 3. The number of aryl methyl sites for hydroxylation is 1. The molecular formula is C22H20Cl2N2O2. The van der Waals surface area contributed by atoms with Crippen LogP contribution in [0.25, 0.3) is 5.57 Å². The van der Waals surface area contributed by atoms with Crippen LogP contribution in [0.5, 0.6) is 0 Å².